The number of rotatable bonds is 10. The molecule has 0 spiro atoms. The molecule has 2 aromatic heterocycles. The first-order valence-corrected chi connectivity index (χ1v) is 38.4. The standard InChI is InChI=1S/C84H100N14O13/c1-54(2)43-68-81(103)96-39-15-19-63(96)50-93(5)72(79(101)85-38-37-56-27-33-64(34-28-56)108-42-41-95-48-61(89-91-95)51-110-75-23-13-11-20-66(75)77(99)86-68)46-59-25-31-60(32-26-59)74-53-109-65-35-29-58(30-36-65)45-70(84(106)107-7)88-80(102)73(47-57-17-9-8-10-18-57)94(6)83(105)71-22-16-40-97(71)82(104)69(44-55(3)4)87-78(100)67-21-12-14-24-76(67)111-52-62-49-98(74)92-90-62/h8-14,17-18,20-21,23-36,48-49,54-55,63,68-74H,15-16,19,22,37-47,50-53H2,1-7H3,(H,85,101)(H,86,99)(H,87,100)(H,88,102)/t63-,68-,69-,70+,71-,72+,73+,74?/m1/s1. The van der Waals surface area contributed by atoms with Gasteiger partial charge < -0.3 is 59.7 Å². The number of ether oxygens (including phenoxy) is 5. The van der Waals surface area contributed by atoms with E-state index < -0.39 is 77.8 Å². The van der Waals surface area contributed by atoms with E-state index in [1.165, 1.54) is 24.0 Å². The summed E-state index contributed by atoms with van der Waals surface area (Å²) in [4.78, 5) is 124. The number of nitrogens with one attached hydrogen (secondary N) is 4. The smallest absolute Gasteiger partial charge is 0.328 e. The first-order valence-electron chi connectivity index (χ1n) is 38.4. The van der Waals surface area contributed by atoms with Crippen molar-refractivity contribution in [1.29, 1.82) is 0 Å². The Morgan fingerprint density at radius 3 is 1.77 bits per heavy atom. The second-order valence-electron chi connectivity index (χ2n) is 29.9. The predicted molar refractivity (Wildman–Crippen MR) is 412 cm³/mol. The summed E-state index contributed by atoms with van der Waals surface area (Å²) < 4.78 is 33.9. The number of likely N-dealkylation sites (N-methyl/N-ethyl adjacent to an activating group) is 2. The van der Waals surface area contributed by atoms with Gasteiger partial charge >= 0.3 is 5.97 Å². The van der Waals surface area contributed by atoms with Gasteiger partial charge in [-0.15, -0.1) is 10.2 Å². The topological polar surface area (TPSA) is 305 Å². The third kappa shape index (κ3) is 20.5. The van der Waals surface area contributed by atoms with Crippen molar-refractivity contribution >= 4 is 47.3 Å². The molecule has 6 aromatic carbocycles. The fourth-order valence-corrected chi connectivity index (χ4v) is 14.9. The molecule has 27 nitrogen and oxygen atoms in total. The molecule has 8 atom stereocenters. The van der Waals surface area contributed by atoms with E-state index in [-0.39, 0.29) is 98.6 Å². The van der Waals surface area contributed by atoms with Gasteiger partial charge in [0.15, 0.2) is 0 Å². The highest BCUT2D eigenvalue weighted by Crippen LogP contribution is 2.30. The second kappa shape index (κ2) is 37.3. The summed E-state index contributed by atoms with van der Waals surface area (Å²) in [5.74, 6) is -1.88. The molecule has 1 unspecified atom stereocenters. The number of nitrogens with zero attached hydrogens (tertiary/aromatic N) is 10. The molecule has 8 aromatic rings. The average molecular weight is 1510 g/mol. The van der Waals surface area contributed by atoms with E-state index in [0.717, 1.165) is 28.7 Å². The summed E-state index contributed by atoms with van der Waals surface area (Å²) in [5.41, 5.74) is 5.47. The number of fused-ring (bicyclic) bond motifs is 28. The molecule has 2 fully saturated rings. The van der Waals surface area contributed by atoms with Crippen molar-refractivity contribution in [2.45, 2.75) is 160 Å². The molecule has 27 heteroatoms. The SMILES string of the molecule is COC(=O)[C@@H]1Cc2ccc(cc2)OCC(c2ccc(C[C@H]3C(=O)NCCc4ccc(cc4)OCCn4cc(nn4)COc4ccccc4C(=O)N[C@H](CC(C)C)C(=O)N4CCC[C@@H]4CN3C)cc2)n2cc(nn2)COc2ccccc2C(=O)N[C@H](CC(C)C)C(=O)N2CCC[C@@H]2C(=O)N(C)[C@@H](Cc2ccccc2)C(=O)N1. The van der Waals surface area contributed by atoms with Gasteiger partial charge in [0.25, 0.3) is 11.8 Å². The molecular formula is C84H100N14O13. The number of amides is 7. The summed E-state index contributed by atoms with van der Waals surface area (Å²) >= 11 is 0. The van der Waals surface area contributed by atoms with Crippen LogP contribution in [0.15, 0.2) is 164 Å². The van der Waals surface area contributed by atoms with E-state index in [1.54, 1.807) is 94.6 Å². The number of carbonyl (C=O) groups excluding carboxylic acids is 8. The largest absolute Gasteiger partial charge is 0.492 e. The molecule has 2 saturated heterocycles. The van der Waals surface area contributed by atoms with E-state index in [2.05, 4.69) is 41.9 Å². The fourth-order valence-electron chi connectivity index (χ4n) is 14.9. The van der Waals surface area contributed by atoms with Crippen LogP contribution in [-0.2, 0) is 78.9 Å². The van der Waals surface area contributed by atoms with Gasteiger partial charge in [0, 0.05) is 52.1 Å². The third-order valence-electron chi connectivity index (χ3n) is 20.9. The lowest BCUT2D eigenvalue weighted by atomic mass is 9.99. The molecule has 8 bridgehead atoms. The first kappa shape index (κ1) is 79.1. The van der Waals surface area contributed by atoms with Crippen LogP contribution in [0.5, 0.6) is 23.0 Å². The van der Waals surface area contributed by atoms with Crippen LogP contribution in [0.1, 0.15) is 132 Å². The summed E-state index contributed by atoms with van der Waals surface area (Å²) in [6.07, 6.45) is 7.37. The van der Waals surface area contributed by atoms with Gasteiger partial charge in [-0.3, -0.25) is 38.5 Å². The minimum absolute atomic E-state index is 0.0213. The van der Waals surface area contributed by atoms with Gasteiger partial charge in [-0.05, 0) is 147 Å². The maximum atomic E-state index is 15.0. The molecule has 0 aliphatic carbocycles. The number of benzene rings is 6. The number of carbonyl (C=O) groups is 8. The fraction of sp³-hybridized carbons (Fsp3) is 0.429. The maximum Gasteiger partial charge on any atom is 0.328 e. The minimum atomic E-state index is -1.18. The predicted octanol–water partition coefficient (Wildman–Crippen LogP) is 7.55. The van der Waals surface area contributed by atoms with Crippen LogP contribution < -0.4 is 40.2 Å². The Kier molecular flexibility index (Phi) is 26.6. The van der Waals surface area contributed by atoms with E-state index in [4.69, 9.17) is 23.7 Å². The lowest BCUT2D eigenvalue weighted by molar-refractivity contribution is -0.149. The zero-order valence-corrected chi connectivity index (χ0v) is 64.1. The number of hydrogen-bond donors (Lipinski definition) is 4. The zero-order valence-electron chi connectivity index (χ0n) is 64.1. The Balaban J connectivity index is 0.825. The zero-order chi connectivity index (χ0) is 78.1. The lowest BCUT2D eigenvalue weighted by Gasteiger charge is -2.35. The van der Waals surface area contributed by atoms with Gasteiger partial charge in [-0.25, -0.2) is 14.2 Å². The Labute approximate surface area is 647 Å². The highest BCUT2D eigenvalue weighted by atomic mass is 16.5. The first-order chi connectivity index (χ1) is 53.7. The van der Waals surface area contributed by atoms with Crippen molar-refractivity contribution < 1.29 is 62.0 Å². The number of para-hydroxylation sites is 2. The van der Waals surface area contributed by atoms with Crippen molar-refractivity contribution in [2.24, 2.45) is 11.8 Å². The summed E-state index contributed by atoms with van der Waals surface area (Å²) in [7, 11) is 4.69. The van der Waals surface area contributed by atoms with E-state index in [0.29, 0.717) is 99.1 Å². The summed E-state index contributed by atoms with van der Waals surface area (Å²) in [5, 5.41) is 29.9. The molecule has 4 N–H and O–H groups in total. The highest BCUT2D eigenvalue weighted by Gasteiger charge is 2.43. The molecular weight excluding hydrogens is 1410 g/mol. The quantitative estimate of drug-likeness (QED) is 0.0961. The van der Waals surface area contributed by atoms with Gasteiger partial charge in [0.1, 0.15) is 97.1 Å². The molecule has 8 heterocycles. The number of methoxy groups -OCH3 is 1. The Morgan fingerprint density at radius 2 is 1.13 bits per heavy atom. The van der Waals surface area contributed by atoms with Crippen LogP contribution in [0.3, 0.4) is 0 Å². The Bertz CT molecular complexity index is 4520. The van der Waals surface area contributed by atoms with Gasteiger partial charge in [-0.1, -0.05) is 141 Å². The van der Waals surface area contributed by atoms with E-state index in [1.807, 2.05) is 123 Å². The molecule has 111 heavy (non-hydrogen) atoms. The van der Waals surface area contributed by atoms with Gasteiger partial charge in [-0.2, -0.15) is 0 Å². The van der Waals surface area contributed by atoms with E-state index >= 15 is 0 Å². The Morgan fingerprint density at radius 1 is 0.559 bits per heavy atom. The molecule has 14 rings (SSSR count). The minimum Gasteiger partial charge on any atom is -0.492 e. The highest BCUT2D eigenvalue weighted by molar-refractivity contribution is 6.01. The molecule has 0 radical (unpaired) electrons. The maximum absolute atomic E-state index is 15.0. The Hall–Kier alpha value is -11.5. The van der Waals surface area contributed by atoms with Crippen LogP contribution in [0, 0.1) is 11.8 Å². The van der Waals surface area contributed by atoms with Crippen molar-refractivity contribution in [3.63, 3.8) is 0 Å². The summed E-state index contributed by atoms with van der Waals surface area (Å²) in [6, 6.07) is 38.9. The van der Waals surface area contributed by atoms with Crippen molar-refractivity contribution in [3.05, 3.63) is 214 Å². The van der Waals surface area contributed by atoms with Crippen LogP contribution in [0.4, 0.5) is 0 Å². The third-order valence-corrected chi connectivity index (χ3v) is 20.9. The lowest BCUT2D eigenvalue weighted by Crippen LogP contribution is -2.58. The molecule has 6 aliphatic rings. The number of aromatic nitrogens is 6. The molecule has 6 aliphatic heterocycles. The number of hydrogen-bond acceptors (Lipinski definition) is 18. The van der Waals surface area contributed by atoms with Crippen LogP contribution in [0.25, 0.3) is 0 Å². The van der Waals surface area contributed by atoms with Crippen LogP contribution in [0.2, 0.25) is 0 Å². The second-order valence-corrected chi connectivity index (χ2v) is 29.9. The van der Waals surface area contributed by atoms with Crippen molar-refractivity contribution in [3.8, 4) is 23.0 Å². The monoisotopic (exact) mass is 1510 g/mol. The van der Waals surface area contributed by atoms with E-state index in [9.17, 15) is 38.4 Å². The van der Waals surface area contributed by atoms with Crippen molar-refractivity contribution in [1.82, 2.24) is 70.9 Å². The molecule has 7 amide bonds. The van der Waals surface area contributed by atoms with Gasteiger partial charge in [0.05, 0.1) is 43.2 Å². The van der Waals surface area contributed by atoms with Crippen LogP contribution in [-0.4, -0.2) is 200 Å². The average Bonchev–Trinajstić information content (AvgIpc) is 1.79. The van der Waals surface area contributed by atoms with Crippen LogP contribution >= 0.6 is 0 Å². The van der Waals surface area contributed by atoms with Crippen molar-refractivity contribution in [2.75, 3.05) is 60.6 Å². The molecule has 584 valence electrons. The summed E-state index contributed by atoms with van der Waals surface area (Å²) in [6.45, 7) is 10.1. The van der Waals surface area contributed by atoms with Gasteiger partial charge in [0.2, 0.25) is 29.5 Å². The normalized spacial score (nSPS) is 22.1. The molecule has 0 saturated carbocycles. The number of esters is 1.